The van der Waals surface area contributed by atoms with E-state index in [2.05, 4.69) is 45.4 Å². The van der Waals surface area contributed by atoms with E-state index < -0.39 is 0 Å². The fraction of sp³-hybridized carbons (Fsp3) is 0.481. The van der Waals surface area contributed by atoms with Crippen LogP contribution in [0.1, 0.15) is 51.0 Å². The van der Waals surface area contributed by atoms with Crippen molar-refractivity contribution >= 4 is 23.2 Å². The molecule has 1 fully saturated rings. The number of carbonyl (C=O) groups is 2. The Bertz CT molecular complexity index is 936. The number of rotatable bonds is 9. The number of piperidine rings is 1. The average molecular weight is 450 g/mol. The third-order valence-electron chi connectivity index (χ3n) is 6.62. The minimum absolute atomic E-state index is 0.0286. The highest BCUT2D eigenvalue weighted by Crippen LogP contribution is 2.33. The van der Waals surface area contributed by atoms with Crippen molar-refractivity contribution in [3.05, 3.63) is 54.1 Å². The molecule has 2 aliphatic rings. The first-order chi connectivity index (χ1) is 16.1. The summed E-state index contributed by atoms with van der Waals surface area (Å²) in [4.78, 5) is 28.0. The molecule has 0 aromatic heterocycles. The van der Waals surface area contributed by atoms with Gasteiger partial charge in [0, 0.05) is 50.4 Å². The van der Waals surface area contributed by atoms with Crippen molar-refractivity contribution in [3.63, 3.8) is 0 Å². The summed E-state index contributed by atoms with van der Waals surface area (Å²) in [5.41, 5.74) is 3.62. The summed E-state index contributed by atoms with van der Waals surface area (Å²) in [6, 6.07) is 17.0. The maximum Gasteiger partial charge on any atom is 0.227 e. The van der Waals surface area contributed by atoms with E-state index in [9.17, 15) is 9.59 Å². The monoisotopic (exact) mass is 449 g/mol. The summed E-state index contributed by atoms with van der Waals surface area (Å²) >= 11 is 0. The fourth-order valence-corrected chi connectivity index (χ4v) is 4.85. The van der Waals surface area contributed by atoms with Crippen LogP contribution in [0.3, 0.4) is 0 Å². The van der Waals surface area contributed by atoms with E-state index in [1.807, 2.05) is 18.2 Å². The van der Waals surface area contributed by atoms with Gasteiger partial charge in [0.15, 0.2) is 0 Å². The van der Waals surface area contributed by atoms with Gasteiger partial charge in [0.25, 0.3) is 0 Å². The van der Waals surface area contributed by atoms with Crippen molar-refractivity contribution in [3.8, 4) is 5.75 Å². The van der Waals surface area contributed by atoms with E-state index in [-0.39, 0.29) is 17.9 Å². The smallest absolute Gasteiger partial charge is 0.227 e. The molecule has 33 heavy (non-hydrogen) atoms. The van der Waals surface area contributed by atoms with Crippen molar-refractivity contribution in [2.75, 3.05) is 36.0 Å². The van der Waals surface area contributed by atoms with E-state index in [0.29, 0.717) is 13.0 Å². The molecule has 0 bridgehead atoms. The Morgan fingerprint density at radius 2 is 1.76 bits per heavy atom. The number of unbranched alkanes of at least 4 members (excludes halogenated alkanes) is 2. The Hall–Kier alpha value is -3.02. The van der Waals surface area contributed by atoms with Crippen LogP contribution in [0.15, 0.2) is 48.5 Å². The average Bonchev–Trinajstić information content (AvgIpc) is 2.84. The van der Waals surface area contributed by atoms with Crippen LogP contribution < -0.4 is 19.9 Å². The number of carbonyl (C=O) groups excluding carboxylic acids is 2. The molecular formula is C27H35N3O3. The number of aryl methyl sites for hydroxylation is 1. The second kappa shape index (κ2) is 11.2. The van der Waals surface area contributed by atoms with Crippen LogP contribution in [-0.2, 0) is 16.0 Å². The molecule has 176 valence electrons. The molecule has 2 aromatic rings. The zero-order valence-electron chi connectivity index (χ0n) is 19.6. The Morgan fingerprint density at radius 1 is 1.00 bits per heavy atom. The van der Waals surface area contributed by atoms with E-state index in [1.165, 1.54) is 11.3 Å². The molecule has 0 saturated carbocycles. The number of amides is 2. The van der Waals surface area contributed by atoms with Crippen LogP contribution in [0.2, 0.25) is 0 Å². The minimum Gasteiger partial charge on any atom is -0.494 e. The van der Waals surface area contributed by atoms with Crippen molar-refractivity contribution in [2.45, 2.75) is 57.9 Å². The second-order valence-electron chi connectivity index (χ2n) is 9.00. The number of hydrogen-bond donors (Lipinski definition) is 1. The molecule has 1 N–H and O–H groups in total. The molecule has 1 saturated heterocycles. The lowest BCUT2D eigenvalue weighted by Gasteiger charge is -2.41. The lowest BCUT2D eigenvalue weighted by atomic mass is 9.95. The van der Waals surface area contributed by atoms with Crippen LogP contribution >= 0.6 is 0 Å². The van der Waals surface area contributed by atoms with Gasteiger partial charge in [-0.25, -0.2) is 0 Å². The molecule has 0 spiro atoms. The lowest BCUT2D eigenvalue weighted by Crippen LogP contribution is -2.49. The first kappa shape index (κ1) is 23.1. The summed E-state index contributed by atoms with van der Waals surface area (Å²) < 4.78 is 5.87. The highest BCUT2D eigenvalue weighted by molar-refractivity contribution is 5.97. The standard InChI is InChI=1S/C27H35N3O3/c1-21(31)28-17-5-2-6-20-33-25-12-10-23(11-13-25)29-18-15-24(16-19-29)30-26-8-4-3-7-22(26)9-14-27(30)32/h3-4,7-8,10-13,24H,2,5-6,9,14-20H2,1H3,(H,28,31). The molecule has 0 radical (unpaired) electrons. The van der Waals surface area contributed by atoms with Crippen molar-refractivity contribution in [2.24, 2.45) is 0 Å². The summed E-state index contributed by atoms with van der Waals surface area (Å²) in [6.45, 7) is 4.87. The molecule has 6 heteroatoms. The maximum absolute atomic E-state index is 12.7. The molecule has 0 unspecified atom stereocenters. The lowest BCUT2D eigenvalue weighted by molar-refractivity contribution is -0.120. The zero-order chi connectivity index (χ0) is 23.0. The summed E-state index contributed by atoms with van der Waals surface area (Å²) in [5.74, 6) is 1.19. The second-order valence-corrected chi connectivity index (χ2v) is 9.00. The molecule has 4 rings (SSSR count). The molecule has 0 atom stereocenters. The first-order valence-electron chi connectivity index (χ1n) is 12.2. The Kier molecular flexibility index (Phi) is 7.87. The Labute approximate surface area is 196 Å². The topological polar surface area (TPSA) is 61.9 Å². The number of anilines is 2. The van der Waals surface area contributed by atoms with E-state index in [1.54, 1.807) is 6.92 Å². The van der Waals surface area contributed by atoms with Crippen LogP contribution in [0, 0.1) is 0 Å². The number of nitrogens with zero attached hydrogens (tertiary/aromatic N) is 2. The minimum atomic E-state index is 0.0286. The van der Waals surface area contributed by atoms with Gasteiger partial charge in [-0.15, -0.1) is 0 Å². The Balaban J connectivity index is 1.23. The van der Waals surface area contributed by atoms with Gasteiger partial charge in [-0.05, 0) is 74.4 Å². The largest absolute Gasteiger partial charge is 0.494 e. The third kappa shape index (κ3) is 6.06. The number of fused-ring (bicyclic) bond motifs is 1. The predicted octanol–water partition coefficient (Wildman–Crippen LogP) is 4.32. The van der Waals surface area contributed by atoms with Gasteiger partial charge < -0.3 is 19.9 Å². The third-order valence-corrected chi connectivity index (χ3v) is 6.62. The summed E-state index contributed by atoms with van der Waals surface area (Å²) in [5, 5.41) is 2.82. The molecule has 6 nitrogen and oxygen atoms in total. The van der Waals surface area contributed by atoms with Gasteiger partial charge >= 0.3 is 0 Å². The summed E-state index contributed by atoms with van der Waals surface area (Å²) in [7, 11) is 0. The van der Waals surface area contributed by atoms with Crippen molar-refractivity contribution in [1.29, 1.82) is 0 Å². The van der Waals surface area contributed by atoms with Crippen LogP contribution in [-0.4, -0.2) is 44.1 Å². The number of ether oxygens (including phenoxy) is 1. The maximum atomic E-state index is 12.7. The highest BCUT2D eigenvalue weighted by atomic mass is 16.5. The molecule has 0 aliphatic carbocycles. The number of hydrogen-bond acceptors (Lipinski definition) is 4. The van der Waals surface area contributed by atoms with Gasteiger partial charge in [0.2, 0.25) is 11.8 Å². The van der Waals surface area contributed by atoms with Gasteiger partial charge in [-0.3, -0.25) is 9.59 Å². The Morgan fingerprint density at radius 3 is 2.52 bits per heavy atom. The molecule has 2 amide bonds. The molecule has 2 heterocycles. The molecule has 2 aromatic carbocycles. The van der Waals surface area contributed by atoms with E-state index >= 15 is 0 Å². The first-order valence-corrected chi connectivity index (χ1v) is 12.2. The van der Waals surface area contributed by atoms with Crippen molar-refractivity contribution < 1.29 is 14.3 Å². The predicted molar refractivity (Wildman–Crippen MR) is 132 cm³/mol. The zero-order valence-corrected chi connectivity index (χ0v) is 19.6. The quantitative estimate of drug-likeness (QED) is 0.579. The number of benzene rings is 2. The van der Waals surface area contributed by atoms with Crippen LogP contribution in [0.5, 0.6) is 5.75 Å². The highest BCUT2D eigenvalue weighted by Gasteiger charge is 2.32. The van der Waals surface area contributed by atoms with E-state index in [4.69, 9.17) is 4.74 Å². The normalized spacial score (nSPS) is 16.5. The number of nitrogens with one attached hydrogen (secondary N) is 1. The van der Waals surface area contributed by atoms with Gasteiger partial charge in [0.1, 0.15) is 5.75 Å². The van der Waals surface area contributed by atoms with Gasteiger partial charge in [-0.1, -0.05) is 18.2 Å². The van der Waals surface area contributed by atoms with Gasteiger partial charge in [0.05, 0.1) is 6.61 Å². The van der Waals surface area contributed by atoms with Crippen molar-refractivity contribution in [1.82, 2.24) is 5.32 Å². The molecular weight excluding hydrogens is 414 g/mol. The van der Waals surface area contributed by atoms with Crippen LogP contribution in [0.4, 0.5) is 11.4 Å². The van der Waals surface area contributed by atoms with E-state index in [0.717, 1.165) is 69.6 Å². The molecule has 2 aliphatic heterocycles. The SMILES string of the molecule is CC(=O)NCCCCCOc1ccc(N2CCC(N3C(=O)CCc4ccccc43)CC2)cc1. The number of para-hydroxylation sites is 1. The van der Waals surface area contributed by atoms with Crippen LogP contribution in [0.25, 0.3) is 0 Å². The fourth-order valence-electron chi connectivity index (χ4n) is 4.85. The summed E-state index contributed by atoms with van der Waals surface area (Å²) in [6.07, 6.45) is 6.44. The van der Waals surface area contributed by atoms with Gasteiger partial charge in [-0.2, -0.15) is 0 Å².